The minimum atomic E-state index is -0.304. The maximum atomic E-state index is 12.6. The number of aromatic nitrogens is 1. The van der Waals surface area contributed by atoms with Gasteiger partial charge in [0.25, 0.3) is 5.91 Å². The van der Waals surface area contributed by atoms with E-state index in [4.69, 9.17) is 21.4 Å². The van der Waals surface area contributed by atoms with Crippen molar-refractivity contribution in [1.29, 1.82) is 0 Å². The summed E-state index contributed by atoms with van der Waals surface area (Å²) < 4.78 is 11.8. The number of carbonyl (C=O) groups excluding carboxylic acids is 1. The Morgan fingerprint density at radius 2 is 1.81 bits per heavy atom. The molecule has 186 valence electrons. The molecule has 0 aliphatic carbocycles. The second-order valence-corrected chi connectivity index (χ2v) is 9.31. The summed E-state index contributed by atoms with van der Waals surface area (Å²) in [6.45, 7) is 8.43. The molecule has 0 aliphatic rings. The van der Waals surface area contributed by atoms with Crippen LogP contribution in [0.2, 0.25) is 0 Å². The number of carbonyl (C=O) groups is 1. The first-order chi connectivity index (χ1) is 17.4. The van der Waals surface area contributed by atoms with Crippen molar-refractivity contribution in [1.82, 2.24) is 10.3 Å². The van der Waals surface area contributed by atoms with Crippen LogP contribution in [0, 0.1) is 0 Å². The van der Waals surface area contributed by atoms with Crippen molar-refractivity contribution in [3.63, 3.8) is 0 Å². The second kappa shape index (κ2) is 11.4. The Hall–Kier alpha value is -3.71. The standard InChI is InChI=1S/C29H31N3O3S/c1-5-18(3)21-12-15-26-25(17-21)31-28(35-26)20-10-13-23(14-11-20)30-29(36)32-27(33)22-8-7-9-24(16-22)34-19(4)6-2/h7-19H,5-6H2,1-4H3,(H2,30,32,33,36). The molecule has 1 amide bonds. The van der Waals surface area contributed by atoms with E-state index >= 15 is 0 Å². The molecule has 0 bridgehead atoms. The fraction of sp³-hybridized carbons (Fsp3) is 0.276. The van der Waals surface area contributed by atoms with Gasteiger partial charge in [0.05, 0.1) is 6.10 Å². The number of hydrogen-bond donors (Lipinski definition) is 2. The van der Waals surface area contributed by atoms with E-state index in [1.165, 1.54) is 5.56 Å². The van der Waals surface area contributed by atoms with Crippen LogP contribution in [-0.2, 0) is 0 Å². The molecule has 36 heavy (non-hydrogen) atoms. The summed E-state index contributed by atoms with van der Waals surface area (Å²) in [5.74, 6) is 1.39. The van der Waals surface area contributed by atoms with Gasteiger partial charge in [-0.3, -0.25) is 10.1 Å². The predicted molar refractivity (Wildman–Crippen MR) is 149 cm³/mol. The van der Waals surface area contributed by atoms with Gasteiger partial charge in [-0.2, -0.15) is 0 Å². The van der Waals surface area contributed by atoms with E-state index in [1.54, 1.807) is 18.2 Å². The number of oxazole rings is 1. The Morgan fingerprint density at radius 1 is 1.03 bits per heavy atom. The number of rotatable bonds is 8. The molecule has 4 rings (SSSR count). The summed E-state index contributed by atoms with van der Waals surface area (Å²) in [5, 5.41) is 5.97. The molecule has 3 aromatic carbocycles. The topological polar surface area (TPSA) is 76.4 Å². The predicted octanol–water partition coefficient (Wildman–Crippen LogP) is 7.31. The van der Waals surface area contributed by atoms with Crippen LogP contribution in [0.3, 0.4) is 0 Å². The number of anilines is 1. The minimum absolute atomic E-state index is 0.0750. The third-order valence-electron chi connectivity index (χ3n) is 6.22. The second-order valence-electron chi connectivity index (χ2n) is 8.91. The molecule has 0 radical (unpaired) electrons. The number of nitrogens with zero attached hydrogens (tertiary/aromatic N) is 1. The minimum Gasteiger partial charge on any atom is -0.491 e. The smallest absolute Gasteiger partial charge is 0.257 e. The molecule has 2 N–H and O–H groups in total. The molecule has 2 atom stereocenters. The van der Waals surface area contributed by atoms with Crippen molar-refractivity contribution in [3.8, 4) is 17.2 Å². The van der Waals surface area contributed by atoms with Crippen molar-refractivity contribution in [3.05, 3.63) is 77.9 Å². The average molecular weight is 502 g/mol. The number of nitrogens with one attached hydrogen (secondary N) is 2. The highest BCUT2D eigenvalue weighted by atomic mass is 32.1. The quantitative estimate of drug-likeness (QED) is 0.247. The Morgan fingerprint density at radius 3 is 2.53 bits per heavy atom. The van der Waals surface area contributed by atoms with Gasteiger partial charge in [0.15, 0.2) is 10.7 Å². The van der Waals surface area contributed by atoms with Gasteiger partial charge in [-0.25, -0.2) is 4.98 Å². The Balaban J connectivity index is 1.39. The van der Waals surface area contributed by atoms with E-state index in [0.717, 1.165) is 35.2 Å². The van der Waals surface area contributed by atoms with Crippen LogP contribution in [-0.4, -0.2) is 22.1 Å². The average Bonchev–Trinajstić information content (AvgIpc) is 3.32. The van der Waals surface area contributed by atoms with Crippen LogP contribution in [0.25, 0.3) is 22.6 Å². The van der Waals surface area contributed by atoms with Crippen molar-refractivity contribution in [2.45, 2.75) is 52.6 Å². The molecule has 1 heterocycles. The molecule has 0 aliphatic heterocycles. The summed E-state index contributed by atoms with van der Waals surface area (Å²) in [4.78, 5) is 17.3. The SMILES string of the molecule is CCC(C)Oc1cccc(C(=O)NC(=S)Nc2ccc(-c3nc4cc(C(C)CC)ccc4o3)cc2)c1. The van der Waals surface area contributed by atoms with E-state index in [9.17, 15) is 4.79 Å². The van der Waals surface area contributed by atoms with E-state index in [2.05, 4.69) is 48.5 Å². The Bertz CT molecular complexity index is 1360. The van der Waals surface area contributed by atoms with Gasteiger partial charge in [-0.15, -0.1) is 0 Å². The Kier molecular flexibility index (Phi) is 8.00. The van der Waals surface area contributed by atoms with Crippen LogP contribution in [0.1, 0.15) is 62.4 Å². The van der Waals surface area contributed by atoms with Crippen LogP contribution < -0.4 is 15.4 Å². The number of ether oxygens (including phenoxy) is 1. The zero-order valence-corrected chi connectivity index (χ0v) is 21.8. The summed E-state index contributed by atoms with van der Waals surface area (Å²) in [5.41, 5.74) is 4.95. The highest BCUT2D eigenvalue weighted by Gasteiger charge is 2.13. The lowest BCUT2D eigenvalue weighted by Crippen LogP contribution is -2.34. The van der Waals surface area contributed by atoms with Gasteiger partial charge < -0.3 is 14.5 Å². The third-order valence-corrected chi connectivity index (χ3v) is 6.42. The van der Waals surface area contributed by atoms with Crippen LogP contribution in [0.4, 0.5) is 5.69 Å². The highest BCUT2D eigenvalue weighted by Crippen LogP contribution is 2.28. The summed E-state index contributed by atoms with van der Waals surface area (Å²) in [7, 11) is 0. The molecule has 4 aromatic rings. The van der Waals surface area contributed by atoms with Crippen LogP contribution in [0.5, 0.6) is 5.75 Å². The number of thiocarbonyl (C=S) groups is 1. The van der Waals surface area contributed by atoms with Gasteiger partial charge in [-0.05, 0) is 98.1 Å². The first-order valence-corrected chi connectivity index (χ1v) is 12.7. The van der Waals surface area contributed by atoms with E-state index in [-0.39, 0.29) is 17.1 Å². The highest BCUT2D eigenvalue weighted by molar-refractivity contribution is 7.80. The Labute approximate surface area is 217 Å². The molecule has 6 nitrogen and oxygen atoms in total. The molecule has 0 spiro atoms. The van der Waals surface area contributed by atoms with E-state index in [1.807, 2.05) is 43.3 Å². The van der Waals surface area contributed by atoms with Gasteiger partial charge >= 0.3 is 0 Å². The molecule has 0 saturated heterocycles. The molecular weight excluding hydrogens is 470 g/mol. The number of benzene rings is 3. The van der Waals surface area contributed by atoms with Crippen LogP contribution >= 0.6 is 12.2 Å². The maximum Gasteiger partial charge on any atom is 0.257 e. The van der Waals surface area contributed by atoms with E-state index < -0.39 is 0 Å². The fourth-order valence-electron chi connectivity index (χ4n) is 3.67. The third kappa shape index (κ3) is 6.10. The number of fused-ring (bicyclic) bond motifs is 1. The van der Waals surface area contributed by atoms with Gasteiger partial charge in [0, 0.05) is 16.8 Å². The number of amides is 1. The molecule has 0 fully saturated rings. The van der Waals surface area contributed by atoms with Gasteiger partial charge in [0.2, 0.25) is 5.89 Å². The lowest BCUT2D eigenvalue weighted by Gasteiger charge is -2.14. The number of hydrogen-bond acceptors (Lipinski definition) is 5. The van der Waals surface area contributed by atoms with E-state index in [0.29, 0.717) is 23.1 Å². The summed E-state index contributed by atoms with van der Waals surface area (Å²) in [6.07, 6.45) is 2.03. The van der Waals surface area contributed by atoms with Gasteiger partial charge in [0.1, 0.15) is 11.3 Å². The normalized spacial score (nSPS) is 12.7. The molecule has 1 aromatic heterocycles. The monoisotopic (exact) mass is 501 g/mol. The van der Waals surface area contributed by atoms with Crippen LogP contribution in [0.15, 0.2) is 71.1 Å². The first kappa shape index (κ1) is 25.4. The lowest BCUT2D eigenvalue weighted by molar-refractivity contribution is 0.0977. The summed E-state index contributed by atoms with van der Waals surface area (Å²) in [6, 6.07) is 20.8. The van der Waals surface area contributed by atoms with Crippen molar-refractivity contribution < 1.29 is 13.9 Å². The molecule has 0 saturated carbocycles. The maximum absolute atomic E-state index is 12.6. The lowest BCUT2D eigenvalue weighted by atomic mass is 9.98. The molecule has 7 heteroatoms. The van der Waals surface area contributed by atoms with Crippen molar-refractivity contribution in [2.75, 3.05) is 5.32 Å². The molecule has 2 unspecified atom stereocenters. The van der Waals surface area contributed by atoms with Crippen molar-refractivity contribution in [2.24, 2.45) is 0 Å². The first-order valence-electron chi connectivity index (χ1n) is 12.3. The van der Waals surface area contributed by atoms with Gasteiger partial charge in [-0.1, -0.05) is 32.9 Å². The largest absolute Gasteiger partial charge is 0.491 e. The zero-order chi connectivity index (χ0) is 25.7. The zero-order valence-electron chi connectivity index (χ0n) is 21.0. The van der Waals surface area contributed by atoms with Crippen molar-refractivity contribution >= 4 is 40.0 Å². The molecular formula is C29H31N3O3S. The summed E-state index contributed by atoms with van der Waals surface area (Å²) >= 11 is 5.34. The fourth-order valence-corrected chi connectivity index (χ4v) is 3.88.